The number of aromatic amines is 1. The van der Waals surface area contributed by atoms with Gasteiger partial charge in [-0.1, -0.05) is 6.07 Å². The Balaban J connectivity index is 2.12. The van der Waals surface area contributed by atoms with Crippen LogP contribution in [0.5, 0.6) is 11.5 Å². The number of carboxylic acids is 1. The molecule has 0 amide bonds. The number of aromatic nitrogens is 2. The number of aromatic carboxylic acids is 1. The summed E-state index contributed by atoms with van der Waals surface area (Å²) in [6.07, 6.45) is 0. The number of benzene rings is 1. The Kier molecular flexibility index (Phi) is 2.63. The molecular weight excluding hydrogens is 248 g/mol. The molecule has 0 saturated carbocycles. The summed E-state index contributed by atoms with van der Waals surface area (Å²) in [5.74, 6) is 0.239. The Morgan fingerprint density at radius 3 is 2.79 bits per heavy atom. The van der Waals surface area contributed by atoms with Crippen molar-refractivity contribution in [3.05, 3.63) is 29.6 Å². The first-order valence-corrected chi connectivity index (χ1v) is 5.85. The first-order chi connectivity index (χ1) is 9.16. The first kappa shape index (κ1) is 11.6. The molecule has 1 aromatic carbocycles. The topological polar surface area (TPSA) is 84.4 Å². The van der Waals surface area contributed by atoms with E-state index in [1.807, 2.05) is 0 Å². The third-order valence-electron chi connectivity index (χ3n) is 2.98. The Bertz CT molecular complexity index is 648. The van der Waals surface area contributed by atoms with Gasteiger partial charge in [0.05, 0.1) is 0 Å². The van der Waals surface area contributed by atoms with Gasteiger partial charge in [0, 0.05) is 11.3 Å². The molecule has 2 aromatic rings. The standard InChI is InChI=1S/C13H12N2O4/c1-7-11(12(13(16)17)15-14-7)8-2-3-9-10(6-8)19-5-4-18-9/h2-3,6H,4-5H2,1H3,(H,14,15)(H,16,17). The summed E-state index contributed by atoms with van der Waals surface area (Å²) in [4.78, 5) is 11.2. The van der Waals surface area contributed by atoms with E-state index < -0.39 is 5.97 Å². The van der Waals surface area contributed by atoms with Gasteiger partial charge in [0.15, 0.2) is 17.2 Å². The van der Waals surface area contributed by atoms with Crippen LogP contribution in [0.15, 0.2) is 18.2 Å². The monoisotopic (exact) mass is 260 g/mol. The number of fused-ring (bicyclic) bond motifs is 1. The minimum absolute atomic E-state index is 0.00850. The summed E-state index contributed by atoms with van der Waals surface area (Å²) in [5.41, 5.74) is 2.03. The van der Waals surface area contributed by atoms with Crippen molar-refractivity contribution in [2.45, 2.75) is 6.92 Å². The molecule has 0 saturated heterocycles. The molecule has 0 unspecified atom stereocenters. The van der Waals surface area contributed by atoms with Gasteiger partial charge in [-0.15, -0.1) is 0 Å². The third-order valence-corrected chi connectivity index (χ3v) is 2.98. The fourth-order valence-corrected chi connectivity index (χ4v) is 2.14. The fraction of sp³-hybridized carbons (Fsp3) is 0.231. The van der Waals surface area contributed by atoms with Gasteiger partial charge in [-0.05, 0) is 24.6 Å². The van der Waals surface area contributed by atoms with E-state index in [4.69, 9.17) is 14.6 Å². The van der Waals surface area contributed by atoms with Gasteiger partial charge >= 0.3 is 5.97 Å². The highest BCUT2D eigenvalue weighted by atomic mass is 16.6. The average molecular weight is 260 g/mol. The van der Waals surface area contributed by atoms with E-state index in [0.29, 0.717) is 36.0 Å². The summed E-state index contributed by atoms with van der Waals surface area (Å²) in [5, 5.41) is 15.6. The quantitative estimate of drug-likeness (QED) is 0.860. The van der Waals surface area contributed by atoms with Gasteiger partial charge in [-0.3, -0.25) is 5.10 Å². The lowest BCUT2D eigenvalue weighted by Gasteiger charge is -2.18. The molecule has 0 atom stereocenters. The molecule has 0 radical (unpaired) electrons. The molecule has 0 aliphatic carbocycles. The lowest BCUT2D eigenvalue weighted by Crippen LogP contribution is -2.15. The molecule has 3 rings (SSSR count). The van der Waals surface area contributed by atoms with Crippen molar-refractivity contribution in [2.75, 3.05) is 13.2 Å². The van der Waals surface area contributed by atoms with Crippen molar-refractivity contribution < 1.29 is 19.4 Å². The summed E-state index contributed by atoms with van der Waals surface area (Å²) in [7, 11) is 0. The predicted molar refractivity (Wildman–Crippen MR) is 66.7 cm³/mol. The Morgan fingerprint density at radius 2 is 2.05 bits per heavy atom. The molecule has 1 aliphatic rings. The van der Waals surface area contributed by atoms with E-state index in [-0.39, 0.29) is 5.69 Å². The molecule has 1 aromatic heterocycles. The zero-order valence-corrected chi connectivity index (χ0v) is 10.3. The smallest absolute Gasteiger partial charge is 0.357 e. The number of nitrogens with zero attached hydrogens (tertiary/aromatic N) is 1. The summed E-state index contributed by atoms with van der Waals surface area (Å²) < 4.78 is 10.9. The van der Waals surface area contributed by atoms with Crippen LogP contribution < -0.4 is 9.47 Å². The van der Waals surface area contributed by atoms with E-state index in [2.05, 4.69) is 10.2 Å². The van der Waals surface area contributed by atoms with Crippen molar-refractivity contribution >= 4 is 5.97 Å². The van der Waals surface area contributed by atoms with Crippen LogP contribution in [-0.2, 0) is 0 Å². The first-order valence-electron chi connectivity index (χ1n) is 5.85. The lowest BCUT2D eigenvalue weighted by atomic mass is 10.0. The molecule has 1 aliphatic heterocycles. The maximum absolute atomic E-state index is 11.2. The van der Waals surface area contributed by atoms with Crippen LogP contribution in [0.3, 0.4) is 0 Å². The molecule has 19 heavy (non-hydrogen) atoms. The lowest BCUT2D eigenvalue weighted by molar-refractivity contribution is 0.0691. The third kappa shape index (κ3) is 1.91. The molecular formula is C13H12N2O4. The van der Waals surface area contributed by atoms with Crippen molar-refractivity contribution in [3.63, 3.8) is 0 Å². The second-order valence-electron chi connectivity index (χ2n) is 4.24. The zero-order valence-electron chi connectivity index (χ0n) is 10.3. The summed E-state index contributed by atoms with van der Waals surface area (Å²) in [6, 6.07) is 5.36. The number of carbonyl (C=O) groups is 1. The largest absolute Gasteiger partial charge is 0.486 e. The van der Waals surface area contributed by atoms with E-state index in [1.54, 1.807) is 25.1 Å². The maximum atomic E-state index is 11.2. The highest BCUT2D eigenvalue weighted by molar-refractivity contribution is 5.95. The highest BCUT2D eigenvalue weighted by Gasteiger charge is 2.20. The molecule has 0 fully saturated rings. The molecule has 2 N–H and O–H groups in total. The van der Waals surface area contributed by atoms with Crippen LogP contribution >= 0.6 is 0 Å². The number of ether oxygens (including phenoxy) is 2. The van der Waals surface area contributed by atoms with E-state index >= 15 is 0 Å². The zero-order chi connectivity index (χ0) is 13.4. The second-order valence-corrected chi connectivity index (χ2v) is 4.24. The normalized spacial score (nSPS) is 13.3. The van der Waals surface area contributed by atoms with Gasteiger partial charge < -0.3 is 14.6 Å². The van der Waals surface area contributed by atoms with Crippen molar-refractivity contribution in [3.8, 4) is 22.6 Å². The molecule has 98 valence electrons. The van der Waals surface area contributed by atoms with Crippen LogP contribution in [0.1, 0.15) is 16.2 Å². The predicted octanol–water partition coefficient (Wildman–Crippen LogP) is 1.85. The number of carboxylic acid groups (broad SMARTS) is 1. The van der Waals surface area contributed by atoms with Crippen molar-refractivity contribution in [2.24, 2.45) is 0 Å². The van der Waals surface area contributed by atoms with Crippen LogP contribution in [0.2, 0.25) is 0 Å². The molecule has 0 bridgehead atoms. The number of aryl methyl sites for hydroxylation is 1. The summed E-state index contributed by atoms with van der Waals surface area (Å²) in [6.45, 7) is 2.80. The number of hydrogen-bond donors (Lipinski definition) is 2. The number of rotatable bonds is 2. The van der Waals surface area contributed by atoms with Crippen molar-refractivity contribution in [1.82, 2.24) is 10.2 Å². The average Bonchev–Trinajstić information content (AvgIpc) is 2.80. The number of hydrogen-bond acceptors (Lipinski definition) is 4. The Morgan fingerprint density at radius 1 is 1.32 bits per heavy atom. The van der Waals surface area contributed by atoms with Crippen LogP contribution in [0, 0.1) is 6.92 Å². The SMILES string of the molecule is Cc1[nH]nc(C(=O)O)c1-c1ccc2c(c1)OCCO2. The van der Waals surface area contributed by atoms with Gasteiger partial charge in [-0.25, -0.2) is 4.79 Å². The van der Waals surface area contributed by atoms with Gasteiger partial charge in [0.1, 0.15) is 13.2 Å². The van der Waals surface area contributed by atoms with Crippen molar-refractivity contribution in [1.29, 1.82) is 0 Å². The van der Waals surface area contributed by atoms with Crippen LogP contribution in [0.25, 0.3) is 11.1 Å². The minimum Gasteiger partial charge on any atom is -0.486 e. The summed E-state index contributed by atoms with van der Waals surface area (Å²) >= 11 is 0. The maximum Gasteiger partial charge on any atom is 0.357 e. The molecule has 2 heterocycles. The van der Waals surface area contributed by atoms with E-state index in [0.717, 1.165) is 5.56 Å². The van der Waals surface area contributed by atoms with Gasteiger partial charge in [-0.2, -0.15) is 5.10 Å². The van der Waals surface area contributed by atoms with Crippen LogP contribution in [-0.4, -0.2) is 34.5 Å². The molecule has 6 heteroatoms. The molecule has 6 nitrogen and oxygen atoms in total. The highest BCUT2D eigenvalue weighted by Crippen LogP contribution is 2.36. The molecule has 0 spiro atoms. The minimum atomic E-state index is -1.06. The van der Waals surface area contributed by atoms with E-state index in [9.17, 15) is 4.79 Å². The Hall–Kier alpha value is -2.50. The van der Waals surface area contributed by atoms with Gasteiger partial charge in [0.25, 0.3) is 0 Å². The second kappa shape index (κ2) is 4.31. The van der Waals surface area contributed by atoms with Gasteiger partial charge in [0.2, 0.25) is 0 Å². The van der Waals surface area contributed by atoms with E-state index in [1.165, 1.54) is 0 Å². The Labute approximate surface area is 109 Å². The van der Waals surface area contributed by atoms with Crippen LogP contribution in [0.4, 0.5) is 0 Å². The number of H-pyrrole nitrogens is 1. The fourth-order valence-electron chi connectivity index (χ4n) is 2.14. The number of nitrogens with one attached hydrogen (secondary N) is 1.